The van der Waals surface area contributed by atoms with Gasteiger partial charge in [0.15, 0.2) is 0 Å². The molecule has 0 fully saturated rings. The molecule has 2 heterocycles. The fourth-order valence-corrected chi connectivity index (χ4v) is 2.37. The fourth-order valence-electron chi connectivity index (χ4n) is 2.37. The van der Waals surface area contributed by atoms with E-state index in [0.29, 0.717) is 26.1 Å². The summed E-state index contributed by atoms with van der Waals surface area (Å²) in [5.41, 5.74) is 1.87. The van der Waals surface area contributed by atoms with Gasteiger partial charge in [0.1, 0.15) is 5.75 Å². The van der Waals surface area contributed by atoms with Crippen LogP contribution in [0.2, 0.25) is 0 Å². The number of carbonyl (C=O) groups is 1. The van der Waals surface area contributed by atoms with Crippen molar-refractivity contribution in [3.05, 3.63) is 41.7 Å². The highest BCUT2D eigenvalue weighted by atomic mass is 16.5. The second-order valence-electron chi connectivity index (χ2n) is 5.17. The lowest BCUT2D eigenvalue weighted by atomic mass is 10.1. The van der Waals surface area contributed by atoms with E-state index in [1.54, 1.807) is 13.3 Å². The van der Waals surface area contributed by atoms with Gasteiger partial charge in [-0.1, -0.05) is 17.3 Å². The lowest BCUT2D eigenvalue weighted by Crippen LogP contribution is -2.39. The lowest BCUT2D eigenvalue weighted by Gasteiger charge is -2.23. The summed E-state index contributed by atoms with van der Waals surface area (Å²) in [6, 6.07) is 7.49. The molecule has 1 aliphatic heterocycles. The highest BCUT2D eigenvalue weighted by Crippen LogP contribution is 2.13. The van der Waals surface area contributed by atoms with Crippen molar-refractivity contribution in [1.82, 2.24) is 20.3 Å². The molecule has 0 radical (unpaired) electrons. The average molecular weight is 302 g/mol. The van der Waals surface area contributed by atoms with Crippen LogP contribution in [0.25, 0.3) is 0 Å². The van der Waals surface area contributed by atoms with Gasteiger partial charge in [-0.25, -0.2) is 4.68 Å². The molecule has 7 heteroatoms. The molecule has 2 aromatic rings. The predicted molar refractivity (Wildman–Crippen MR) is 78.3 cm³/mol. The van der Waals surface area contributed by atoms with Crippen LogP contribution in [0.3, 0.4) is 0 Å². The van der Waals surface area contributed by atoms with Crippen LogP contribution in [-0.4, -0.2) is 40.7 Å². The van der Waals surface area contributed by atoms with Crippen LogP contribution in [0, 0.1) is 0 Å². The molecule has 0 saturated heterocycles. The normalized spacial score (nSPS) is 16.9. The van der Waals surface area contributed by atoms with Crippen molar-refractivity contribution in [2.45, 2.75) is 25.7 Å². The molecule has 116 valence electrons. The van der Waals surface area contributed by atoms with Crippen molar-refractivity contribution >= 4 is 5.91 Å². The van der Waals surface area contributed by atoms with Crippen LogP contribution in [0.4, 0.5) is 0 Å². The molecule has 1 aromatic heterocycles. The first kappa shape index (κ1) is 14.5. The molecule has 22 heavy (non-hydrogen) atoms. The Hall–Kier alpha value is -2.41. The van der Waals surface area contributed by atoms with Gasteiger partial charge in [-0.3, -0.25) is 4.79 Å². The summed E-state index contributed by atoms with van der Waals surface area (Å²) in [7, 11) is 1.61. The smallest absolute Gasteiger partial charge is 0.224 e. The van der Waals surface area contributed by atoms with Gasteiger partial charge in [0.05, 0.1) is 44.7 Å². The maximum absolute atomic E-state index is 12.0. The summed E-state index contributed by atoms with van der Waals surface area (Å²) in [4.78, 5) is 12.0. The Kier molecular flexibility index (Phi) is 4.34. The zero-order valence-corrected chi connectivity index (χ0v) is 12.4. The van der Waals surface area contributed by atoms with E-state index in [1.165, 1.54) is 0 Å². The second kappa shape index (κ2) is 6.57. The van der Waals surface area contributed by atoms with Gasteiger partial charge in [-0.15, -0.1) is 5.10 Å². The average Bonchev–Trinajstić information content (AvgIpc) is 3.00. The molecule has 3 rings (SSSR count). The summed E-state index contributed by atoms with van der Waals surface area (Å²) in [5, 5.41) is 10.7. The third-order valence-corrected chi connectivity index (χ3v) is 3.57. The van der Waals surface area contributed by atoms with Crippen LogP contribution >= 0.6 is 0 Å². The van der Waals surface area contributed by atoms with E-state index >= 15 is 0 Å². The third kappa shape index (κ3) is 3.43. The Morgan fingerprint density at radius 2 is 2.45 bits per heavy atom. The molecule has 0 aliphatic carbocycles. The molecule has 1 aliphatic rings. The van der Waals surface area contributed by atoms with Crippen LogP contribution in [0.1, 0.15) is 11.3 Å². The quantitative estimate of drug-likeness (QED) is 0.872. The van der Waals surface area contributed by atoms with Crippen molar-refractivity contribution in [3.63, 3.8) is 0 Å². The van der Waals surface area contributed by atoms with Crippen LogP contribution in [-0.2, 0) is 29.1 Å². The summed E-state index contributed by atoms with van der Waals surface area (Å²) >= 11 is 0. The Morgan fingerprint density at radius 3 is 3.32 bits per heavy atom. The minimum absolute atomic E-state index is 0.0405. The maximum atomic E-state index is 12.0. The number of nitrogens with zero attached hydrogens (tertiary/aromatic N) is 3. The van der Waals surface area contributed by atoms with E-state index in [1.807, 2.05) is 28.9 Å². The minimum atomic E-state index is -0.0801. The number of hydrogen-bond donors (Lipinski definition) is 1. The van der Waals surface area contributed by atoms with Crippen LogP contribution in [0.15, 0.2) is 30.5 Å². The molecule has 0 spiro atoms. The molecule has 1 aromatic carbocycles. The van der Waals surface area contributed by atoms with Crippen molar-refractivity contribution < 1.29 is 14.3 Å². The van der Waals surface area contributed by atoms with E-state index in [-0.39, 0.29) is 12.0 Å². The van der Waals surface area contributed by atoms with Gasteiger partial charge < -0.3 is 14.8 Å². The van der Waals surface area contributed by atoms with Gasteiger partial charge >= 0.3 is 0 Å². The van der Waals surface area contributed by atoms with Crippen molar-refractivity contribution in [3.8, 4) is 5.75 Å². The number of hydrogen-bond acceptors (Lipinski definition) is 5. The van der Waals surface area contributed by atoms with E-state index < -0.39 is 0 Å². The van der Waals surface area contributed by atoms with Crippen molar-refractivity contribution in [2.24, 2.45) is 0 Å². The van der Waals surface area contributed by atoms with Gasteiger partial charge in [0.25, 0.3) is 0 Å². The molecule has 1 atom stereocenters. The molecular formula is C15H18N4O3. The molecule has 1 amide bonds. The number of ether oxygens (including phenoxy) is 2. The number of carbonyl (C=O) groups excluding carboxylic acids is 1. The van der Waals surface area contributed by atoms with Gasteiger partial charge in [-0.2, -0.15) is 0 Å². The SMILES string of the molecule is COc1cccc(CC(=O)NC[C@@H]2Cn3nncc3CO2)c1. The topological polar surface area (TPSA) is 78.3 Å². The van der Waals surface area contributed by atoms with Gasteiger partial charge in [-0.05, 0) is 17.7 Å². The minimum Gasteiger partial charge on any atom is -0.497 e. The number of fused-ring (bicyclic) bond motifs is 1. The van der Waals surface area contributed by atoms with Gasteiger partial charge in [0, 0.05) is 6.54 Å². The van der Waals surface area contributed by atoms with Crippen LogP contribution in [0.5, 0.6) is 5.75 Å². The van der Waals surface area contributed by atoms with Crippen LogP contribution < -0.4 is 10.1 Å². The third-order valence-electron chi connectivity index (χ3n) is 3.57. The predicted octanol–water partition coefficient (Wildman–Crippen LogP) is 0.544. The zero-order chi connectivity index (χ0) is 15.4. The fraction of sp³-hybridized carbons (Fsp3) is 0.400. The van der Waals surface area contributed by atoms with Crippen molar-refractivity contribution in [1.29, 1.82) is 0 Å². The first-order valence-electron chi connectivity index (χ1n) is 7.13. The molecular weight excluding hydrogens is 284 g/mol. The standard InChI is InChI=1S/C15H18N4O3/c1-21-13-4-2-3-11(5-13)6-15(20)16-8-14-9-19-12(10-22-14)7-17-18-19/h2-5,7,14H,6,8-10H2,1H3,(H,16,20)/t14-/m1/s1. The first-order valence-corrected chi connectivity index (χ1v) is 7.13. The summed E-state index contributed by atoms with van der Waals surface area (Å²) in [6.45, 7) is 1.54. The Morgan fingerprint density at radius 1 is 1.55 bits per heavy atom. The summed E-state index contributed by atoms with van der Waals surface area (Å²) in [6.07, 6.45) is 1.93. The van der Waals surface area contributed by atoms with Gasteiger partial charge in [0.2, 0.25) is 5.91 Å². The monoisotopic (exact) mass is 302 g/mol. The van der Waals surface area contributed by atoms with E-state index in [0.717, 1.165) is 17.0 Å². The van der Waals surface area contributed by atoms with E-state index in [2.05, 4.69) is 15.6 Å². The molecule has 0 saturated carbocycles. The zero-order valence-electron chi connectivity index (χ0n) is 12.4. The Balaban J connectivity index is 1.48. The van der Waals surface area contributed by atoms with E-state index in [4.69, 9.17) is 9.47 Å². The highest BCUT2D eigenvalue weighted by molar-refractivity contribution is 5.78. The molecule has 0 bridgehead atoms. The Labute approximate surface area is 128 Å². The number of rotatable bonds is 5. The number of amides is 1. The number of aromatic nitrogens is 3. The Bertz CT molecular complexity index is 656. The van der Waals surface area contributed by atoms with E-state index in [9.17, 15) is 4.79 Å². The molecule has 0 unspecified atom stereocenters. The molecule has 7 nitrogen and oxygen atoms in total. The van der Waals surface area contributed by atoms with Crippen molar-refractivity contribution in [2.75, 3.05) is 13.7 Å². The second-order valence-corrected chi connectivity index (χ2v) is 5.17. The summed E-state index contributed by atoms with van der Waals surface area (Å²) in [5.74, 6) is 0.709. The lowest BCUT2D eigenvalue weighted by molar-refractivity contribution is -0.121. The number of benzene rings is 1. The molecule has 1 N–H and O–H groups in total. The number of nitrogens with one attached hydrogen (secondary N) is 1. The highest BCUT2D eigenvalue weighted by Gasteiger charge is 2.20. The number of methoxy groups -OCH3 is 1. The largest absolute Gasteiger partial charge is 0.497 e. The maximum Gasteiger partial charge on any atom is 0.224 e. The summed E-state index contributed by atoms with van der Waals surface area (Å²) < 4.78 is 12.6. The first-order chi connectivity index (χ1) is 10.7.